The van der Waals surface area contributed by atoms with Crippen molar-refractivity contribution in [3.63, 3.8) is 0 Å². The lowest BCUT2D eigenvalue weighted by molar-refractivity contribution is -0.149. The van der Waals surface area contributed by atoms with E-state index in [4.69, 9.17) is 0 Å². The second kappa shape index (κ2) is 5.53. The lowest BCUT2D eigenvalue weighted by Crippen LogP contribution is -2.23. The van der Waals surface area contributed by atoms with Gasteiger partial charge in [0.1, 0.15) is 0 Å². The van der Waals surface area contributed by atoms with Crippen LogP contribution in [0.5, 0.6) is 0 Å². The van der Waals surface area contributed by atoms with Gasteiger partial charge in [0.25, 0.3) is 0 Å². The molecule has 1 rings (SSSR count). The quantitative estimate of drug-likeness (QED) is 0.511. The molecule has 2 atom stereocenters. The fourth-order valence-corrected chi connectivity index (χ4v) is 1.78. The number of carbonyl (C=O) groups excluding carboxylic acids is 2. The molecule has 0 heterocycles. The minimum absolute atomic E-state index is 0.224. The Morgan fingerprint density at radius 2 is 1.40 bits per heavy atom. The number of esters is 2. The summed E-state index contributed by atoms with van der Waals surface area (Å²) in [6.07, 6.45) is 5.63. The monoisotopic (exact) mass is 212 g/mol. The maximum Gasteiger partial charge on any atom is 0.308 e. The molecule has 0 aliphatic heterocycles. The molecule has 0 saturated carbocycles. The molecule has 15 heavy (non-hydrogen) atoms. The maximum absolute atomic E-state index is 11.4. The average Bonchev–Trinajstić information content (AvgIpc) is 2.52. The molecular weight excluding hydrogens is 196 g/mol. The van der Waals surface area contributed by atoms with Crippen LogP contribution in [0.2, 0.25) is 0 Å². The molecule has 0 amide bonds. The van der Waals surface area contributed by atoms with Gasteiger partial charge in [-0.25, -0.2) is 0 Å². The fraction of sp³-hybridized carbons (Fsp3) is 0.636. The van der Waals surface area contributed by atoms with E-state index in [-0.39, 0.29) is 23.8 Å². The van der Waals surface area contributed by atoms with Gasteiger partial charge >= 0.3 is 11.9 Å². The Hall–Kier alpha value is -1.32. The van der Waals surface area contributed by atoms with Gasteiger partial charge in [0.15, 0.2) is 0 Å². The molecule has 1 aliphatic rings. The van der Waals surface area contributed by atoms with E-state index in [0.29, 0.717) is 19.3 Å². The number of rotatable bonds is 2. The summed E-state index contributed by atoms with van der Waals surface area (Å²) < 4.78 is 9.36. The van der Waals surface area contributed by atoms with E-state index in [1.807, 2.05) is 12.2 Å². The summed E-state index contributed by atoms with van der Waals surface area (Å²) in [5.41, 5.74) is 0. The van der Waals surface area contributed by atoms with Gasteiger partial charge < -0.3 is 9.47 Å². The topological polar surface area (TPSA) is 52.6 Å². The molecule has 0 spiro atoms. The Bertz CT molecular complexity index is 244. The van der Waals surface area contributed by atoms with E-state index in [1.165, 1.54) is 14.2 Å². The molecule has 1 aliphatic carbocycles. The van der Waals surface area contributed by atoms with Gasteiger partial charge in [-0.05, 0) is 19.3 Å². The molecule has 4 heteroatoms. The minimum Gasteiger partial charge on any atom is -0.469 e. The number of hydrogen-bond donors (Lipinski definition) is 0. The first-order chi connectivity index (χ1) is 7.19. The SMILES string of the molecule is COC(=O)C1CC=CCC(C(=O)OC)C1. The van der Waals surface area contributed by atoms with Crippen LogP contribution in [0.15, 0.2) is 12.2 Å². The van der Waals surface area contributed by atoms with Gasteiger partial charge in [-0.3, -0.25) is 9.59 Å². The molecule has 0 aromatic heterocycles. The van der Waals surface area contributed by atoms with E-state index in [2.05, 4.69) is 9.47 Å². The van der Waals surface area contributed by atoms with Crippen molar-refractivity contribution >= 4 is 11.9 Å². The summed E-state index contributed by atoms with van der Waals surface area (Å²) in [7, 11) is 2.73. The first-order valence-electron chi connectivity index (χ1n) is 4.99. The van der Waals surface area contributed by atoms with Crippen LogP contribution in [0.4, 0.5) is 0 Å². The molecule has 0 aromatic rings. The smallest absolute Gasteiger partial charge is 0.308 e. The zero-order valence-corrected chi connectivity index (χ0v) is 9.06. The van der Waals surface area contributed by atoms with Crippen molar-refractivity contribution in [1.82, 2.24) is 0 Å². The van der Waals surface area contributed by atoms with E-state index in [1.54, 1.807) is 0 Å². The molecule has 4 nitrogen and oxygen atoms in total. The number of methoxy groups -OCH3 is 2. The highest BCUT2D eigenvalue weighted by molar-refractivity contribution is 5.76. The Morgan fingerprint density at radius 3 is 1.73 bits per heavy atom. The summed E-state index contributed by atoms with van der Waals surface area (Å²) in [4.78, 5) is 22.7. The minimum atomic E-state index is -0.254. The lowest BCUT2D eigenvalue weighted by Gasteiger charge is -2.16. The van der Waals surface area contributed by atoms with Crippen LogP contribution >= 0.6 is 0 Å². The molecule has 84 valence electrons. The number of hydrogen-bond acceptors (Lipinski definition) is 4. The molecule has 0 fully saturated rings. The highest BCUT2D eigenvalue weighted by Crippen LogP contribution is 2.25. The number of allylic oxidation sites excluding steroid dienone is 2. The second-order valence-electron chi connectivity index (χ2n) is 3.62. The lowest BCUT2D eigenvalue weighted by atomic mass is 9.93. The largest absolute Gasteiger partial charge is 0.469 e. The van der Waals surface area contributed by atoms with Crippen molar-refractivity contribution in [2.24, 2.45) is 11.8 Å². The maximum atomic E-state index is 11.4. The predicted molar refractivity (Wildman–Crippen MR) is 54.0 cm³/mol. The van der Waals surface area contributed by atoms with Crippen LogP contribution in [0.25, 0.3) is 0 Å². The Kier molecular flexibility index (Phi) is 4.34. The molecule has 0 bridgehead atoms. The normalized spacial score (nSPS) is 25.5. The summed E-state index contributed by atoms with van der Waals surface area (Å²) >= 11 is 0. The van der Waals surface area contributed by atoms with Crippen LogP contribution in [0.1, 0.15) is 19.3 Å². The van der Waals surface area contributed by atoms with Gasteiger partial charge in [0, 0.05) is 0 Å². The summed E-state index contributed by atoms with van der Waals surface area (Å²) in [5.74, 6) is -0.957. The average molecular weight is 212 g/mol. The van der Waals surface area contributed by atoms with Crippen molar-refractivity contribution < 1.29 is 19.1 Å². The Morgan fingerprint density at radius 1 is 1.00 bits per heavy atom. The van der Waals surface area contributed by atoms with Crippen LogP contribution in [0.3, 0.4) is 0 Å². The van der Waals surface area contributed by atoms with Gasteiger partial charge in [-0.15, -0.1) is 0 Å². The fourth-order valence-electron chi connectivity index (χ4n) is 1.78. The van der Waals surface area contributed by atoms with Crippen molar-refractivity contribution in [2.75, 3.05) is 14.2 Å². The number of carbonyl (C=O) groups is 2. The van der Waals surface area contributed by atoms with Crippen LogP contribution in [-0.2, 0) is 19.1 Å². The highest BCUT2D eigenvalue weighted by atomic mass is 16.5. The van der Waals surface area contributed by atoms with E-state index < -0.39 is 0 Å². The molecule has 2 unspecified atom stereocenters. The third kappa shape index (κ3) is 3.08. The molecule has 0 aromatic carbocycles. The zero-order chi connectivity index (χ0) is 11.3. The molecule has 0 saturated heterocycles. The van der Waals surface area contributed by atoms with Crippen molar-refractivity contribution in [1.29, 1.82) is 0 Å². The third-order valence-corrected chi connectivity index (χ3v) is 2.65. The third-order valence-electron chi connectivity index (χ3n) is 2.65. The van der Waals surface area contributed by atoms with Gasteiger partial charge in [-0.2, -0.15) is 0 Å². The summed E-state index contributed by atoms with van der Waals surface area (Å²) in [6.45, 7) is 0. The van der Waals surface area contributed by atoms with Crippen LogP contribution < -0.4 is 0 Å². The van der Waals surface area contributed by atoms with Crippen molar-refractivity contribution in [2.45, 2.75) is 19.3 Å². The van der Waals surface area contributed by atoms with E-state index in [9.17, 15) is 9.59 Å². The number of ether oxygens (including phenoxy) is 2. The molecule has 0 radical (unpaired) electrons. The molecule has 0 N–H and O–H groups in total. The standard InChI is InChI=1S/C11H16O4/c1-14-10(12)8-5-3-4-6-9(7-8)11(13)15-2/h3-4,8-9H,5-7H2,1-2H3. The second-order valence-corrected chi connectivity index (χ2v) is 3.62. The highest BCUT2D eigenvalue weighted by Gasteiger charge is 2.28. The van der Waals surface area contributed by atoms with Gasteiger partial charge in [-0.1, -0.05) is 12.2 Å². The first-order valence-corrected chi connectivity index (χ1v) is 4.99. The summed E-state index contributed by atoms with van der Waals surface area (Å²) in [6, 6.07) is 0. The van der Waals surface area contributed by atoms with E-state index in [0.717, 1.165) is 0 Å². The van der Waals surface area contributed by atoms with Crippen molar-refractivity contribution in [3.05, 3.63) is 12.2 Å². The summed E-state index contributed by atoms with van der Waals surface area (Å²) in [5, 5.41) is 0. The van der Waals surface area contributed by atoms with Crippen molar-refractivity contribution in [3.8, 4) is 0 Å². The van der Waals surface area contributed by atoms with Gasteiger partial charge in [0.05, 0.1) is 26.1 Å². The van der Waals surface area contributed by atoms with Crippen LogP contribution in [0, 0.1) is 11.8 Å². The Labute approximate surface area is 89.2 Å². The first kappa shape index (κ1) is 11.8. The van der Waals surface area contributed by atoms with Gasteiger partial charge in [0.2, 0.25) is 0 Å². The Balaban J connectivity index is 2.66. The predicted octanol–water partition coefficient (Wildman–Crippen LogP) is 1.30. The zero-order valence-electron chi connectivity index (χ0n) is 9.06. The van der Waals surface area contributed by atoms with Crippen LogP contribution in [-0.4, -0.2) is 26.2 Å². The molecular formula is C11H16O4. The van der Waals surface area contributed by atoms with E-state index >= 15 is 0 Å².